The minimum absolute atomic E-state index is 0.0919. The summed E-state index contributed by atoms with van der Waals surface area (Å²) in [5.74, 6) is -1.59. The monoisotopic (exact) mass is 311 g/mol. The molecule has 0 aliphatic carbocycles. The van der Waals surface area contributed by atoms with Crippen LogP contribution in [-0.2, 0) is 19.9 Å². The minimum Gasteiger partial charge on any atom is -0.478 e. The molecule has 108 valence electrons. The molecule has 0 bridgehead atoms. The topological polar surface area (TPSA) is 146 Å². The quantitative estimate of drug-likeness (QED) is 0.537. The predicted octanol–water partition coefficient (Wildman–Crippen LogP) is -1.18. The summed E-state index contributed by atoms with van der Waals surface area (Å²) in [5, 5.41) is 13.6. The van der Waals surface area contributed by atoms with E-state index in [1.807, 2.05) is 0 Å². The second-order valence-corrected chi connectivity index (χ2v) is 7.76. The molecule has 0 atom stereocenters. The molecule has 0 spiro atoms. The van der Waals surface area contributed by atoms with Crippen LogP contribution >= 0.6 is 0 Å². The van der Waals surface area contributed by atoms with Crippen LogP contribution in [0.15, 0.2) is 11.2 Å². The zero-order chi connectivity index (χ0) is 14.7. The van der Waals surface area contributed by atoms with E-state index in [-0.39, 0.29) is 18.7 Å². The number of carbonyl (C=O) groups is 1. The average molecular weight is 311 g/mol. The van der Waals surface area contributed by atoms with Gasteiger partial charge < -0.3 is 5.11 Å². The molecule has 0 radical (unpaired) electrons. The summed E-state index contributed by atoms with van der Waals surface area (Å²) in [6.45, 7) is -0.118. The fraction of sp³-hybridized carbons (Fsp3) is 0.500. The Kier molecular flexibility index (Phi) is 4.66. The van der Waals surface area contributed by atoms with Crippen LogP contribution in [0.25, 0.3) is 0 Å². The van der Waals surface area contributed by atoms with Gasteiger partial charge in [0.25, 0.3) is 10.0 Å². The number of carboxylic acids is 1. The molecule has 1 rings (SSSR count). The third kappa shape index (κ3) is 4.61. The van der Waals surface area contributed by atoms with E-state index in [4.69, 9.17) is 5.11 Å². The number of sulfonamides is 1. The number of hydrogen-bond acceptors (Lipinski definition) is 6. The molecule has 1 aromatic heterocycles. The van der Waals surface area contributed by atoms with Crippen molar-refractivity contribution in [2.45, 2.75) is 11.4 Å². The average Bonchev–Trinajstić information content (AvgIpc) is 2.72. The zero-order valence-corrected chi connectivity index (χ0v) is 11.6. The summed E-state index contributed by atoms with van der Waals surface area (Å²) in [6, 6.07) is 0. The van der Waals surface area contributed by atoms with Gasteiger partial charge >= 0.3 is 5.97 Å². The molecule has 3 N–H and O–H groups in total. The standard InChI is InChI=1S/C8H13N3O6S2/c1-18(14,15)4-2-3-10-19(16,17)7-6(8(12)13)5-9-11-7/h5,10H,2-4H2,1H3,(H,9,11)(H,12,13). The number of hydrogen-bond donors (Lipinski definition) is 3. The van der Waals surface area contributed by atoms with Gasteiger partial charge in [0.05, 0.1) is 11.9 Å². The molecule has 0 aliphatic rings. The highest BCUT2D eigenvalue weighted by Gasteiger charge is 2.24. The molecule has 11 heteroatoms. The van der Waals surface area contributed by atoms with Crippen LogP contribution in [0, 0.1) is 0 Å². The van der Waals surface area contributed by atoms with E-state index < -0.39 is 36.4 Å². The molecule has 0 aliphatic heterocycles. The van der Waals surface area contributed by atoms with Crippen molar-refractivity contribution >= 4 is 25.8 Å². The van der Waals surface area contributed by atoms with Crippen molar-refractivity contribution in [2.75, 3.05) is 18.6 Å². The van der Waals surface area contributed by atoms with Crippen molar-refractivity contribution in [1.82, 2.24) is 14.9 Å². The van der Waals surface area contributed by atoms with Crippen LogP contribution in [0.5, 0.6) is 0 Å². The van der Waals surface area contributed by atoms with E-state index in [9.17, 15) is 21.6 Å². The third-order valence-electron chi connectivity index (χ3n) is 2.09. The van der Waals surface area contributed by atoms with Gasteiger partial charge in [-0.25, -0.2) is 26.4 Å². The van der Waals surface area contributed by atoms with Gasteiger partial charge in [-0.2, -0.15) is 5.10 Å². The second-order valence-electron chi connectivity index (χ2n) is 3.80. The first kappa shape index (κ1) is 15.6. The maximum Gasteiger partial charge on any atom is 0.340 e. The predicted molar refractivity (Wildman–Crippen MR) is 65.1 cm³/mol. The van der Waals surface area contributed by atoms with E-state index in [2.05, 4.69) is 14.9 Å². The number of sulfone groups is 1. The highest BCUT2D eigenvalue weighted by atomic mass is 32.2. The van der Waals surface area contributed by atoms with E-state index in [1.165, 1.54) is 0 Å². The lowest BCUT2D eigenvalue weighted by Crippen LogP contribution is -2.27. The molecule has 1 heterocycles. The van der Waals surface area contributed by atoms with Crippen LogP contribution in [-0.4, -0.2) is 56.7 Å². The number of nitrogens with one attached hydrogen (secondary N) is 2. The summed E-state index contributed by atoms with van der Waals surface area (Å²) >= 11 is 0. The lowest BCUT2D eigenvalue weighted by Gasteiger charge is -2.05. The van der Waals surface area contributed by atoms with Gasteiger partial charge in [-0.1, -0.05) is 0 Å². The first-order valence-electron chi connectivity index (χ1n) is 5.07. The van der Waals surface area contributed by atoms with Crippen LogP contribution in [0.1, 0.15) is 16.8 Å². The van der Waals surface area contributed by atoms with Gasteiger partial charge in [-0.05, 0) is 6.42 Å². The molecule has 1 aromatic rings. The van der Waals surface area contributed by atoms with Crippen molar-refractivity contribution in [3.05, 3.63) is 11.8 Å². The van der Waals surface area contributed by atoms with Crippen LogP contribution in [0.2, 0.25) is 0 Å². The number of H-pyrrole nitrogens is 1. The summed E-state index contributed by atoms with van der Waals surface area (Å²) in [5.41, 5.74) is -0.476. The van der Waals surface area contributed by atoms with Gasteiger partial charge in [0, 0.05) is 12.8 Å². The fourth-order valence-electron chi connectivity index (χ4n) is 1.24. The second kappa shape index (κ2) is 5.67. The fourth-order valence-corrected chi connectivity index (χ4v) is 3.07. The Morgan fingerprint density at radius 1 is 1.42 bits per heavy atom. The van der Waals surface area contributed by atoms with Gasteiger partial charge in [0.15, 0.2) is 5.03 Å². The highest BCUT2D eigenvalue weighted by Crippen LogP contribution is 2.11. The van der Waals surface area contributed by atoms with Gasteiger partial charge in [0.2, 0.25) is 0 Å². The number of carboxylic acid groups (broad SMARTS) is 1. The largest absolute Gasteiger partial charge is 0.478 e. The molecular formula is C8H13N3O6S2. The van der Waals surface area contributed by atoms with E-state index in [0.717, 1.165) is 12.5 Å². The number of aromatic nitrogens is 2. The smallest absolute Gasteiger partial charge is 0.340 e. The summed E-state index contributed by atoms with van der Waals surface area (Å²) in [6.07, 6.45) is 2.01. The summed E-state index contributed by atoms with van der Waals surface area (Å²) in [7, 11) is -7.22. The highest BCUT2D eigenvalue weighted by molar-refractivity contribution is 7.90. The first-order chi connectivity index (χ1) is 8.63. The summed E-state index contributed by atoms with van der Waals surface area (Å²) in [4.78, 5) is 10.8. The Bertz CT molecular complexity index is 660. The minimum atomic E-state index is -4.05. The molecule has 0 saturated carbocycles. The van der Waals surface area contributed by atoms with Crippen LogP contribution < -0.4 is 4.72 Å². The summed E-state index contributed by atoms with van der Waals surface area (Å²) < 4.78 is 47.3. The molecule has 0 unspecified atom stereocenters. The Morgan fingerprint density at radius 3 is 2.58 bits per heavy atom. The van der Waals surface area contributed by atoms with Crippen LogP contribution in [0.3, 0.4) is 0 Å². The Hall–Kier alpha value is -1.46. The first-order valence-corrected chi connectivity index (χ1v) is 8.62. The number of aromatic carboxylic acids is 1. The molecule has 19 heavy (non-hydrogen) atoms. The lowest BCUT2D eigenvalue weighted by molar-refractivity contribution is 0.0692. The van der Waals surface area contributed by atoms with Crippen LogP contribution in [0.4, 0.5) is 0 Å². The third-order valence-corrected chi connectivity index (χ3v) is 4.55. The maximum atomic E-state index is 11.7. The molecule has 0 saturated heterocycles. The van der Waals surface area contributed by atoms with Gasteiger partial charge in [0.1, 0.15) is 15.4 Å². The van der Waals surface area contributed by atoms with E-state index in [1.54, 1.807) is 0 Å². The maximum absolute atomic E-state index is 11.7. The molecular weight excluding hydrogens is 298 g/mol. The van der Waals surface area contributed by atoms with Gasteiger partial charge in [-0.3, -0.25) is 5.10 Å². The Morgan fingerprint density at radius 2 is 2.05 bits per heavy atom. The zero-order valence-electron chi connectivity index (χ0n) is 9.95. The molecule has 9 nitrogen and oxygen atoms in total. The van der Waals surface area contributed by atoms with Crippen molar-refractivity contribution in [1.29, 1.82) is 0 Å². The van der Waals surface area contributed by atoms with Crippen molar-refractivity contribution in [3.8, 4) is 0 Å². The van der Waals surface area contributed by atoms with E-state index in [0.29, 0.717) is 0 Å². The van der Waals surface area contributed by atoms with Crippen molar-refractivity contribution in [3.63, 3.8) is 0 Å². The Balaban J connectivity index is 2.72. The van der Waals surface area contributed by atoms with E-state index >= 15 is 0 Å². The van der Waals surface area contributed by atoms with Crippen molar-refractivity contribution in [2.24, 2.45) is 0 Å². The Labute approximate surface area is 110 Å². The lowest BCUT2D eigenvalue weighted by atomic mass is 10.4. The molecule has 0 amide bonds. The number of nitrogens with zero attached hydrogens (tertiary/aromatic N) is 1. The normalized spacial score (nSPS) is 12.5. The SMILES string of the molecule is CS(=O)(=O)CCCNS(=O)(=O)c1[nH]ncc1C(=O)O. The van der Waals surface area contributed by atoms with Gasteiger partial charge in [-0.15, -0.1) is 0 Å². The van der Waals surface area contributed by atoms with Crippen molar-refractivity contribution < 1.29 is 26.7 Å². The number of aromatic amines is 1. The molecule has 0 aromatic carbocycles. The molecule has 0 fully saturated rings. The number of rotatable bonds is 7.